The topological polar surface area (TPSA) is 61.7 Å². The number of nitrogens with one attached hydrogen (secondary N) is 1. The quantitative estimate of drug-likeness (QED) is 0.857. The van der Waals surface area contributed by atoms with Crippen LogP contribution in [-0.4, -0.2) is 27.5 Å². The Hall–Kier alpha value is -1.40. The summed E-state index contributed by atoms with van der Waals surface area (Å²) in [7, 11) is 0. The number of halogens is 1. The molecule has 2 N–H and O–H groups in total. The molecule has 136 valence electrons. The molecule has 3 rings (SSSR count). The average molecular weight is 364 g/mol. The molecule has 1 aromatic rings. The monoisotopic (exact) mass is 364 g/mol. The first-order valence-corrected chi connectivity index (χ1v) is 9.68. The first kappa shape index (κ1) is 18.4. The van der Waals surface area contributed by atoms with Crippen LogP contribution >= 0.6 is 11.8 Å². The van der Waals surface area contributed by atoms with Gasteiger partial charge in [-0.2, -0.15) is 0 Å². The van der Waals surface area contributed by atoms with Crippen molar-refractivity contribution >= 4 is 22.8 Å². The van der Waals surface area contributed by atoms with Crippen LogP contribution in [0.25, 0.3) is 0 Å². The summed E-state index contributed by atoms with van der Waals surface area (Å²) in [6, 6.07) is 6.16. The van der Waals surface area contributed by atoms with E-state index in [-0.39, 0.29) is 24.4 Å². The summed E-state index contributed by atoms with van der Waals surface area (Å²) in [5.41, 5.74) is 0.917. The number of benzene rings is 1. The zero-order valence-electron chi connectivity index (χ0n) is 14.7. The minimum absolute atomic E-state index is 0.0232. The number of carbonyl (C=O) groups excluding carboxylic acids is 1. The van der Waals surface area contributed by atoms with Crippen LogP contribution in [0.2, 0.25) is 0 Å². The van der Waals surface area contributed by atoms with Gasteiger partial charge < -0.3 is 10.4 Å². The second kappa shape index (κ2) is 7.46. The third-order valence-electron chi connectivity index (χ3n) is 5.53. The highest BCUT2D eigenvalue weighted by Crippen LogP contribution is 2.46. The van der Waals surface area contributed by atoms with Crippen LogP contribution < -0.4 is 5.32 Å². The third-order valence-corrected chi connectivity index (χ3v) is 6.87. The number of aliphatic hydroxyl groups is 1. The maximum Gasteiger partial charge on any atom is 0.242 e. The maximum absolute atomic E-state index is 13.1. The van der Waals surface area contributed by atoms with Gasteiger partial charge in [0, 0.05) is 6.61 Å². The molecule has 2 atom stereocenters. The Bertz CT molecular complexity index is 656. The molecule has 0 spiro atoms. The number of nitrogens with zero attached hydrogens (tertiary/aromatic N) is 1. The summed E-state index contributed by atoms with van der Waals surface area (Å²) < 4.78 is 12.6. The fourth-order valence-electron chi connectivity index (χ4n) is 3.71. The highest BCUT2D eigenvalue weighted by molar-refractivity contribution is 8.16. The lowest BCUT2D eigenvalue weighted by molar-refractivity contribution is -0.122. The van der Waals surface area contributed by atoms with Crippen LogP contribution in [0.4, 0.5) is 4.39 Å². The molecular formula is C19H25FN2O2S. The van der Waals surface area contributed by atoms with Gasteiger partial charge in [-0.15, -0.1) is 0 Å². The third kappa shape index (κ3) is 3.90. The number of carbonyl (C=O) groups is 1. The Kier molecular flexibility index (Phi) is 5.49. The molecule has 1 heterocycles. The number of hydrogen-bond donors (Lipinski definition) is 2. The normalized spacial score (nSPS) is 32.6. The molecule has 4 nitrogen and oxygen atoms in total. The largest absolute Gasteiger partial charge is 0.396 e. The second-order valence-electron chi connectivity index (χ2n) is 7.23. The Labute approximate surface area is 152 Å². The first-order chi connectivity index (χ1) is 11.9. The molecule has 1 saturated heterocycles. The zero-order valence-corrected chi connectivity index (χ0v) is 15.5. The summed E-state index contributed by atoms with van der Waals surface area (Å²) in [4.78, 5) is 17.2. The number of rotatable bonds is 4. The smallest absolute Gasteiger partial charge is 0.242 e. The minimum Gasteiger partial charge on any atom is -0.396 e. The van der Waals surface area contributed by atoms with Crippen molar-refractivity contribution in [2.45, 2.75) is 50.3 Å². The predicted octanol–water partition coefficient (Wildman–Crippen LogP) is 3.66. The van der Waals surface area contributed by atoms with E-state index in [1.165, 1.54) is 23.9 Å². The lowest BCUT2D eigenvalue weighted by atomic mass is 9.76. The van der Waals surface area contributed by atoms with E-state index in [9.17, 15) is 14.3 Å². The molecule has 1 aromatic carbocycles. The number of amides is 1. The molecule has 6 heteroatoms. The van der Waals surface area contributed by atoms with Gasteiger partial charge in [0.05, 0.1) is 6.04 Å². The van der Waals surface area contributed by atoms with E-state index in [1.54, 1.807) is 12.1 Å². The van der Waals surface area contributed by atoms with E-state index in [0.29, 0.717) is 17.0 Å². The van der Waals surface area contributed by atoms with Gasteiger partial charge in [0.25, 0.3) is 0 Å². The van der Waals surface area contributed by atoms with Crippen LogP contribution in [-0.2, 0) is 4.79 Å². The van der Waals surface area contributed by atoms with Crippen LogP contribution in [0.3, 0.4) is 0 Å². The van der Waals surface area contributed by atoms with Crippen LogP contribution in [0.5, 0.6) is 0 Å². The van der Waals surface area contributed by atoms with E-state index in [1.807, 2.05) is 13.8 Å². The molecule has 1 aliphatic heterocycles. The summed E-state index contributed by atoms with van der Waals surface area (Å²) in [5, 5.41) is 12.9. The van der Waals surface area contributed by atoms with Gasteiger partial charge in [-0.25, -0.2) is 4.39 Å². The number of thioether (sulfide) groups is 1. The van der Waals surface area contributed by atoms with Crippen molar-refractivity contribution < 1.29 is 14.3 Å². The molecule has 0 radical (unpaired) electrons. The second-order valence-corrected chi connectivity index (χ2v) is 8.66. The van der Waals surface area contributed by atoms with Crippen molar-refractivity contribution in [3.8, 4) is 0 Å². The van der Waals surface area contributed by atoms with Crippen LogP contribution in [0.1, 0.15) is 51.1 Å². The predicted molar refractivity (Wildman–Crippen MR) is 98.9 cm³/mol. The SMILES string of the molecule is C[C@H](N=C1NC(=O)C(C)(C2CCC(CO)CC2)S1)c1ccc(F)cc1. The van der Waals surface area contributed by atoms with Crippen molar-refractivity contribution in [3.05, 3.63) is 35.6 Å². The standard InChI is InChI=1S/C19H25FN2O2S/c1-12(14-5-9-16(20)10-6-14)21-18-22-17(24)19(2,25-18)15-7-3-13(11-23)4-8-15/h5-6,9-10,12-13,15,23H,3-4,7-8,11H2,1-2H3,(H,21,22,24)/t12-,13?,15?,19?/m0/s1. The molecule has 1 aliphatic carbocycles. The van der Waals surface area contributed by atoms with Gasteiger partial charge in [-0.1, -0.05) is 23.9 Å². The van der Waals surface area contributed by atoms with Crippen molar-refractivity contribution in [2.75, 3.05) is 6.61 Å². The van der Waals surface area contributed by atoms with Crippen LogP contribution in [0, 0.1) is 17.7 Å². The molecule has 2 fully saturated rings. The lowest BCUT2D eigenvalue weighted by Gasteiger charge is -2.35. The summed E-state index contributed by atoms with van der Waals surface area (Å²) in [6.07, 6.45) is 3.87. The van der Waals surface area contributed by atoms with Crippen molar-refractivity contribution in [1.29, 1.82) is 0 Å². The summed E-state index contributed by atoms with van der Waals surface area (Å²) >= 11 is 1.52. The van der Waals surface area contributed by atoms with Gasteiger partial charge in [0.1, 0.15) is 10.6 Å². The summed E-state index contributed by atoms with van der Waals surface area (Å²) in [6.45, 7) is 4.18. The van der Waals surface area contributed by atoms with Crippen LogP contribution in [0.15, 0.2) is 29.3 Å². The van der Waals surface area contributed by atoms with E-state index in [0.717, 1.165) is 31.2 Å². The molecule has 0 aromatic heterocycles. The minimum atomic E-state index is -0.498. The van der Waals surface area contributed by atoms with Crippen molar-refractivity contribution in [1.82, 2.24) is 5.32 Å². The molecule has 1 amide bonds. The van der Waals surface area contributed by atoms with E-state index >= 15 is 0 Å². The Balaban J connectivity index is 1.70. The number of aliphatic hydroxyl groups excluding tert-OH is 1. The highest BCUT2D eigenvalue weighted by atomic mass is 32.2. The van der Waals surface area contributed by atoms with Gasteiger partial charge in [-0.3, -0.25) is 9.79 Å². The fourth-order valence-corrected chi connectivity index (χ4v) is 5.01. The number of hydrogen-bond acceptors (Lipinski definition) is 4. The summed E-state index contributed by atoms with van der Waals surface area (Å²) in [5.74, 6) is 0.434. The molecule has 1 saturated carbocycles. The first-order valence-electron chi connectivity index (χ1n) is 8.87. The Morgan fingerprint density at radius 3 is 2.56 bits per heavy atom. The molecule has 0 bridgehead atoms. The molecule has 25 heavy (non-hydrogen) atoms. The fraction of sp³-hybridized carbons (Fsp3) is 0.579. The highest BCUT2D eigenvalue weighted by Gasteiger charge is 2.49. The van der Waals surface area contributed by atoms with Crippen molar-refractivity contribution in [3.63, 3.8) is 0 Å². The Morgan fingerprint density at radius 1 is 1.32 bits per heavy atom. The average Bonchev–Trinajstić information content (AvgIpc) is 2.90. The molecule has 1 unspecified atom stereocenters. The van der Waals surface area contributed by atoms with Gasteiger partial charge in [0.15, 0.2) is 5.17 Å². The molecule has 2 aliphatic rings. The van der Waals surface area contributed by atoms with E-state index < -0.39 is 4.75 Å². The van der Waals surface area contributed by atoms with Gasteiger partial charge in [0.2, 0.25) is 5.91 Å². The molecular weight excluding hydrogens is 339 g/mol. The van der Waals surface area contributed by atoms with E-state index in [2.05, 4.69) is 10.3 Å². The van der Waals surface area contributed by atoms with Gasteiger partial charge in [-0.05, 0) is 69.1 Å². The number of amidine groups is 1. The van der Waals surface area contributed by atoms with Crippen molar-refractivity contribution in [2.24, 2.45) is 16.8 Å². The number of aliphatic imine (C=N–C) groups is 1. The van der Waals surface area contributed by atoms with Gasteiger partial charge >= 0.3 is 0 Å². The lowest BCUT2D eigenvalue weighted by Crippen LogP contribution is -2.42. The maximum atomic E-state index is 13.1. The Morgan fingerprint density at radius 2 is 1.96 bits per heavy atom. The zero-order chi connectivity index (χ0) is 18.0. The van der Waals surface area contributed by atoms with E-state index in [4.69, 9.17) is 0 Å².